The molecule has 118 valence electrons. The molecule has 7 heteroatoms. The summed E-state index contributed by atoms with van der Waals surface area (Å²) in [5.41, 5.74) is 0.939. The molecule has 0 aliphatic rings. The highest BCUT2D eigenvalue weighted by atomic mass is 32.2. The zero-order chi connectivity index (χ0) is 16.0. The first-order valence-electron chi connectivity index (χ1n) is 6.71. The van der Waals surface area contributed by atoms with E-state index in [1.807, 2.05) is 13.8 Å². The molecule has 0 fully saturated rings. The van der Waals surface area contributed by atoms with Crippen LogP contribution in [0.4, 0.5) is 5.69 Å². The van der Waals surface area contributed by atoms with Gasteiger partial charge in [0, 0.05) is 12.3 Å². The van der Waals surface area contributed by atoms with Crippen molar-refractivity contribution in [1.82, 2.24) is 0 Å². The summed E-state index contributed by atoms with van der Waals surface area (Å²) in [6.07, 6.45) is 0.214. The van der Waals surface area contributed by atoms with E-state index in [9.17, 15) is 13.2 Å². The van der Waals surface area contributed by atoms with E-state index in [1.165, 1.54) is 6.07 Å². The minimum atomic E-state index is -3.80. The smallest absolute Gasteiger partial charge is 0.238 e. The summed E-state index contributed by atoms with van der Waals surface area (Å²) in [5, 5.41) is 7.75. The zero-order valence-corrected chi connectivity index (χ0v) is 13.4. The lowest BCUT2D eigenvalue weighted by molar-refractivity contribution is -0.117. The van der Waals surface area contributed by atoms with Crippen LogP contribution in [0.2, 0.25) is 0 Å². The van der Waals surface area contributed by atoms with E-state index in [2.05, 4.69) is 5.32 Å². The Morgan fingerprint density at radius 1 is 1.38 bits per heavy atom. The number of benzene rings is 1. The number of ether oxygens (including phenoxy) is 1. The van der Waals surface area contributed by atoms with Crippen molar-refractivity contribution in [3.05, 3.63) is 23.8 Å². The molecule has 0 spiro atoms. The van der Waals surface area contributed by atoms with Gasteiger partial charge in [0.2, 0.25) is 15.9 Å². The van der Waals surface area contributed by atoms with Gasteiger partial charge in [-0.25, -0.2) is 13.6 Å². The van der Waals surface area contributed by atoms with E-state index >= 15 is 0 Å². The summed E-state index contributed by atoms with van der Waals surface area (Å²) in [7, 11) is -3.80. The molecule has 1 aromatic rings. The Balaban J connectivity index is 2.61. The van der Waals surface area contributed by atoms with Crippen LogP contribution in [-0.2, 0) is 19.6 Å². The Hall–Kier alpha value is -1.44. The topological polar surface area (TPSA) is 98.5 Å². The Kier molecular flexibility index (Phi) is 6.32. The van der Waals surface area contributed by atoms with Gasteiger partial charge >= 0.3 is 0 Å². The van der Waals surface area contributed by atoms with Crippen LogP contribution in [0.1, 0.15) is 25.8 Å². The lowest BCUT2D eigenvalue weighted by Gasteiger charge is -2.10. The summed E-state index contributed by atoms with van der Waals surface area (Å²) < 4.78 is 28.1. The number of nitrogens with two attached hydrogens (primary N) is 1. The number of anilines is 1. The molecule has 1 aromatic carbocycles. The highest BCUT2D eigenvalue weighted by Crippen LogP contribution is 2.19. The number of aryl methyl sites for hydroxylation is 1. The van der Waals surface area contributed by atoms with Crippen LogP contribution in [0.15, 0.2) is 23.1 Å². The molecule has 3 N–H and O–H groups in total. The number of sulfonamides is 1. The van der Waals surface area contributed by atoms with Gasteiger partial charge in [0.1, 0.15) is 0 Å². The number of nitrogens with one attached hydrogen (secondary N) is 1. The molecule has 0 bridgehead atoms. The summed E-state index contributed by atoms with van der Waals surface area (Å²) in [6.45, 7) is 6.64. The summed E-state index contributed by atoms with van der Waals surface area (Å²) in [6, 6.07) is 4.60. The quantitative estimate of drug-likeness (QED) is 0.747. The van der Waals surface area contributed by atoms with Crippen LogP contribution >= 0.6 is 0 Å². The Labute approximate surface area is 125 Å². The first-order chi connectivity index (χ1) is 9.70. The fourth-order valence-corrected chi connectivity index (χ4v) is 2.50. The lowest BCUT2D eigenvalue weighted by atomic mass is 10.2. The Bertz CT molecular complexity index is 597. The van der Waals surface area contributed by atoms with Crippen LogP contribution < -0.4 is 10.5 Å². The number of hydrogen-bond donors (Lipinski definition) is 2. The van der Waals surface area contributed by atoms with E-state index in [-0.39, 0.29) is 17.2 Å². The van der Waals surface area contributed by atoms with E-state index < -0.39 is 10.0 Å². The van der Waals surface area contributed by atoms with E-state index in [0.29, 0.717) is 30.4 Å². The SMILES string of the molecule is Cc1ccc(NC(=O)CCOCC(C)C)cc1S(N)(=O)=O. The highest BCUT2D eigenvalue weighted by molar-refractivity contribution is 7.89. The van der Waals surface area contributed by atoms with Crippen molar-refractivity contribution in [3.8, 4) is 0 Å². The van der Waals surface area contributed by atoms with E-state index in [0.717, 1.165) is 0 Å². The first-order valence-corrected chi connectivity index (χ1v) is 8.26. The minimum Gasteiger partial charge on any atom is -0.381 e. The number of carbonyl (C=O) groups is 1. The van der Waals surface area contributed by atoms with Gasteiger partial charge < -0.3 is 10.1 Å². The standard InChI is InChI=1S/C14H22N2O4S/c1-10(2)9-20-7-6-14(17)16-12-5-4-11(3)13(8-12)21(15,18)19/h4-5,8,10H,6-7,9H2,1-3H3,(H,16,17)(H2,15,18,19). The molecule has 0 aliphatic heterocycles. The third-order valence-electron chi connectivity index (χ3n) is 2.70. The Morgan fingerprint density at radius 3 is 2.62 bits per heavy atom. The molecular weight excluding hydrogens is 292 g/mol. The number of amides is 1. The van der Waals surface area contributed by atoms with Crippen molar-refractivity contribution in [3.63, 3.8) is 0 Å². The van der Waals surface area contributed by atoms with Crippen LogP contribution in [0.25, 0.3) is 0 Å². The van der Waals surface area contributed by atoms with Gasteiger partial charge in [-0.1, -0.05) is 19.9 Å². The second-order valence-electron chi connectivity index (χ2n) is 5.29. The molecule has 6 nitrogen and oxygen atoms in total. The van der Waals surface area contributed by atoms with Crippen LogP contribution in [0, 0.1) is 12.8 Å². The molecule has 0 unspecified atom stereocenters. The third-order valence-corrected chi connectivity index (χ3v) is 3.76. The molecular formula is C14H22N2O4S. The molecule has 0 saturated heterocycles. The van der Waals surface area contributed by atoms with Crippen molar-refractivity contribution in [2.24, 2.45) is 11.1 Å². The van der Waals surface area contributed by atoms with Gasteiger partial charge in [-0.15, -0.1) is 0 Å². The van der Waals surface area contributed by atoms with Crippen LogP contribution in [0.5, 0.6) is 0 Å². The molecule has 0 aliphatic carbocycles. The van der Waals surface area contributed by atoms with Gasteiger partial charge in [-0.05, 0) is 30.5 Å². The summed E-state index contributed by atoms with van der Waals surface area (Å²) >= 11 is 0. The number of hydrogen-bond acceptors (Lipinski definition) is 4. The maximum Gasteiger partial charge on any atom is 0.238 e. The number of primary sulfonamides is 1. The van der Waals surface area contributed by atoms with Crippen LogP contribution in [-0.4, -0.2) is 27.5 Å². The third kappa shape index (κ3) is 6.24. The zero-order valence-electron chi connectivity index (χ0n) is 12.5. The fraction of sp³-hybridized carbons (Fsp3) is 0.500. The fourth-order valence-electron chi connectivity index (χ4n) is 1.69. The molecule has 1 rings (SSSR count). The van der Waals surface area contributed by atoms with E-state index in [1.54, 1.807) is 19.1 Å². The first kappa shape index (κ1) is 17.6. The predicted octanol–water partition coefficient (Wildman–Crippen LogP) is 1.64. The normalized spacial score (nSPS) is 11.7. The molecule has 0 saturated carbocycles. The second-order valence-corrected chi connectivity index (χ2v) is 6.82. The maximum atomic E-state index is 11.7. The predicted molar refractivity (Wildman–Crippen MR) is 81.5 cm³/mol. The Morgan fingerprint density at radius 2 is 2.05 bits per heavy atom. The van der Waals surface area contributed by atoms with Crippen molar-refractivity contribution in [2.45, 2.75) is 32.1 Å². The molecule has 0 aromatic heterocycles. The molecule has 21 heavy (non-hydrogen) atoms. The minimum absolute atomic E-state index is 0.0105. The second kappa shape index (κ2) is 7.53. The summed E-state index contributed by atoms with van der Waals surface area (Å²) in [4.78, 5) is 11.7. The van der Waals surface area contributed by atoms with E-state index in [4.69, 9.17) is 9.88 Å². The van der Waals surface area contributed by atoms with Crippen molar-refractivity contribution in [2.75, 3.05) is 18.5 Å². The number of rotatable bonds is 7. The highest BCUT2D eigenvalue weighted by Gasteiger charge is 2.13. The molecule has 1 amide bonds. The van der Waals surface area contributed by atoms with Crippen molar-refractivity contribution >= 4 is 21.6 Å². The largest absolute Gasteiger partial charge is 0.381 e. The van der Waals surface area contributed by atoms with Crippen molar-refractivity contribution < 1.29 is 17.9 Å². The molecule has 0 radical (unpaired) electrons. The van der Waals surface area contributed by atoms with Gasteiger partial charge in [-0.3, -0.25) is 4.79 Å². The van der Waals surface area contributed by atoms with Crippen molar-refractivity contribution in [1.29, 1.82) is 0 Å². The summed E-state index contributed by atoms with van der Waals surface area (Å²) in [5.74, 6) is 0.186. The van der Waals surface area contributed by atoms with Crippen LogP contribution in [0.3, 0.4) is 0 Å². The molecule has 0 heterocycles. The van der Waals surface area contributed by atoms with Gasteiger partial charge in [0.05, 0.1) is 17.9 Å². The van der Waals surface area contributed by atoms with Gasteiger partial charge in [0.25, 0.3) is 0 Å². The average Bonchev–Trinajstić information content (AvgIpc) is 2.35. The monoisotopic (exact) mass is 314 g/mol. The lowest BCUT2D eigenvalue weighted by Crippen LogP contribution is -2.17. The number of carbonyl (C=O) groups excluding carboxylic acids is 1. The maximum absolute atomic E-state index is 11.7. The molecule has 0 atom stereocenters. The van der Waals surface area contributed by atoms with Gasteiger partial charge in [0.15, 0.2) is 0 Å². The van der Waals surface area contributed by atoms with Gasteiger partial charge in [-0.2, -0.15) is 0 Å². The average molecular weight is 314 g/mol.